The summed E-state index contributed by atoms with van der Waals surface area (Å²) in [5.74, 6) is 1.71. The number of ether oxygens (including phenoxy) is 1. The first kappa shape index (κ1) is 23.4. The average Bonchev–Trinajstić information content (AvgIpc) is 2.90. The zero-order valence-electron chi connectivity index (χ0n) is 19.0. The summed E-state index contributed by atoms with van der Waals surface area (Å²) in [6.07, 6.45) is 3.52. The van der Waals surface area contributed by atoms with Crippen LogP contribution in [-0.2, 0) is 6.42 Å². The van der Waals surface area contributed by atoms with E-state index in [9.17, 15) is 5.26 Å². The van der Waals surface area contributed by atoms with Crippen molar-refractivity contribution < 1.29 is 4.74 Å². The van der Waals surface area contributed by atoms with Gasteiger partial charge in [0.15, 0.2) is 0 Å². The molecule has 0 amide bonds. The van der Waals surface area contributed by atoms with Crippen LogP contribution in [0.4, 0.5) is 0 Å². The standard InChI is InChI=1S/C30H26N2OS/c1-2-12-25-17-9-10-18-29(25)33-19-11-20-34-30-27(22-31)26(23-13-5-3-6-14-23)21-28(32-30)24-15-7-4-8-16-24/h2-10,13-18,21H,1,11-12,19-20H2. The molecule has 0 saturated heterocycles. The molecular formula is C30H26N2OS. The molecule has 4 aromatic rings. The number of rotatable bonds is 10. The Hall–Kier alpha value is -3.81. The Labute approximate surface area is 205 Å². The van der Waals surface area contributed by atoms with Crippen LogP contribution in [0, 0.1) is 11.3 Å². The van der Waals surface area contributed by atoms with Crippen molar-refractivity contribution in [2.75, 3.05) is 12.4 Å². The summed E-state index contributed by atoms with van der Waals surface area (Å²) < 4.78 is 6.02. The lowest BCUT2D eigenvalue weighted by atomic mass is 9.99. The van der Waals surface area contributed by atoms with E-state index in [2.05, 4.69) is 18.7 Å². The minimum Gasteiger partial charge on any atom is -0.493 e. The highest BCUT2D eigenvalue weighted by Crippen LogP contribution is 2.34. The SMILES string of the molecule is C=CCc1ccccc1OCCCSc1nc(-c2ccccc2)cc(-c2ccccc2)c1C#N. The maximum absolute atomic E-state index is 10.0. The van der Waals surface area contributed by atoms with Gasteiger partial charge in [0.25, 0.3) is 0 Å². The van der Waals surface area contributed by atoms with Crippen molar-refractivity contribution in [1.82, 2.24) is 4.98 Å². The molecule has 0 spiro atoms. The van der Waals surface area contributed by atoms with E-state index in [0.717, 1.165) is 57.3 Å². The Morgan fingerprint density at radius 2 is 1.59 bits per heavy atom. The fourth-order valence-electron chi connectivity index (χ4n) is 3.72. The van der Waals surface area contributed by atoms with Crippen molar-refractivity contribution >= 4 is 11.8 Å². The predicted molar refractivity (Wildman–Crippen MR) is 141 cm³/mol. The summed E-state index contributed by atoms with van der Waals surface area (Å²) in [6.45, 7) is 4.43. The Morgan fingerprint density at radius 3 is 2.29 bits per heavy atom. The molecule has 0 atom stereocenters. The van der Waals surface area contributed by atoms with Gasteiger partial charge >= 0.3 is 0 Å². The third-order valence-corrected chi connectivity index (χ3v) is 6.44. The van der Waals surface area contributed by atoms with Gasteiger partial charge in [-0.15, -0.1) is 18.3 Å². The Kier molecular flexibility index (Phi) is 8.16. The van der Waals surface area contributed by atoms with Crippen LogP contribution in [0.2, 0.25) is 0 Å². The van der Waals surface area contributed by atoms with E-state index in [1.807, 2.05) is 91.0 Å². The zero-order chi connectivity index (χ0) is 23.6. The van der Waals surface area contributed by atoms with E-state index in [-0.39, 0.29) is 0 Å². The molecule has 0 aliphatic carbocycles. The van der Waals surface area contributed by atoms with Crippen molar-refractivity contribution in [3.8, 4) is 34.2 Å². The summed E-state index contributed by atoms with van der Waals surface area (Å²) >= 11 is 1.61. The van der Waals surface area contributed by atoms with Crippen molar-refractivity contribution in [3.05, 3.63) is 115 Å². The van der Waals surface area contributed by atoms with Gasteiger partial charge in [-0.2, -0.15) is 5.26 Å². The van der Waals surface area contributed by atoms with E-state index in [0.29, 0.717) is 12.2 Å². The van der Waals surface area contributed by atoms with Crippen LogP contribution in [-0.4, -0.2) is 17.3 Å². The monoisotopic (exact) mass is 462 g/mol. The van der Waals surface area contributed by atoms with E-state index in [4.69, 9.17) is 9.72 Å². The number of benzene rings is 3. The molecule has 0 bridgehead atoms. The number of thioether (sulfide) groups is 1. The van der Waals surface area contributed by atoms with Gasteiger partial charge in [-0.05, 0) is 36.1 Å². The molecule has 34 heavy (non-hydrogen) atoms. The summed E-state index contributed by atoms with van der Waals surface area (Å²) in [5, 5.41) is 10.8. The van der Waals surface area contributed by atoms with Crippen LogP contribution in [0.1, 0.15) is 17.5 Å². The number of nitriles is 1. The molecule has 0 unspecified atom stereocenters. The van der Waals surface area contributed by atoms with Gasteiger partial charge < -0.3 is 4.74 Å². The van der Waals surface area contributed by atoms with Crippen LogP contribution in [0.3, 0.4) is 0 Å². The van der Waals surface area contributed by atoms with Crippen molar-refractivity contribution in [2.24, 2.45) is 0 Å². The van der Waals surface area contributed by atoms with E-state index in [1.54, 1.807) is 11.8 Å². The topological polar surface area (TPSA) is 45.9 Å². The first-order chi connectivity index (χ1) is 16.8. The van der Waals surface area contributed by atoms with Crippen molar-refractivity contribution in [2.45, 2.75) is 17.9 Å². The third kappa shape index (κ3) is 5.75. The number of nitrogens with zero attached hydrogens (tertiary/aromatic N) is 2. The van der Waals surface area contributed by atoms with Gasteiger partial charge in [0, 0.05) is 16.9 Å². The fourth-order valence-corrected chi connectivity index (χ4v) is 4.63. The van der Waals surface area contributed by atoms with Gasteiger partial charge in [-0.25, -0.2) is 4.98 Å². The molecule has 1 heterocycles. The smallest absolute Gasteiger partial charge is 0.122 e. The lowest BCUT2D eigenvalue weighted by molar-refractivity contribution is 0.316. The highest BCUT2D eigenvalue weighted by molar-refractivity contribution is 7.99. The van der Waals surface area contributed by atoms with Gasteiger partial charge in [0.1, 0.15) is 16.8 Å². The van der Waals surface area contributed by atoms with Gasteiger partial charge in [-0.1, -0.05) is 84.9 Å². The number of para-hydroxylation sites is 1. The summed E-state index contributed by atoms with van der Waals surface area (Å²) in [6, 6.07) is 32.6. The van der Waals surface area contributed by atoms with E-state index < -0.39 is 0 Å². The lowest BCUT2D eigenvalue weighted by Crippen LogP contribution is -2.02. The van der Waals surface area contributed by atoms with Gasteiger partial charge in [0.2, 0.25) is 0 Å². The molecule has 0 aliphatic heterocycles. The predicted octanol–water partition coefficient (Wildman–Crippen LogP) is 7.58. The average molecular weight is 463 g/mol. The molecule has 0 radical (unpaired) electrons. The maximum Gasteiger partial charge on any atom is 0.122 e. The minimum absolute atomic E-state index is 0.604. The Balaban J connectivity index is 1.53. The first-order valence-electron chi connectivity index (χ1n) is 11.3. The number of aromatic nitrogens is 1. The molecule has 0 aliphatic rings. The minimum atomic E-state index is 0.604. The first-order valence-corrected chi connectivity index (χ1v) is 12.3. The van der Waals surface area contributed by atoms with Crippen LogP contribution in [0.25, 0.3) is 22.4 Å². The fraction of sp³-hybridized carbons (Fsp3) is 0.133. The lowest BCUT2D eigenvalue weighted by Gasteiger charge is -2.13. The van der Waals surface area contributed by atoms with Crippen LogP contribution in [0.15, 0.2) is 109 Å². The molecule has 0 saturated carbocycles. The van der Waals surface area contributed by atoms with Crippen LogP contribution in [0.5, 0.6) is 5.75 Å². The molecule has 4 rings (SSSR count). The van der Waals surface area contributed by atoms with E-state index >= 15 is 0 Å². The van der Waals surface area contributed by atoms with E-state index in [1.165, 1.54) is 0 Å². The van der Waals surface area contributed by atoms with Crippen molar-refractivity contribution in [1.29, 1.82) is 5.26 Å². The quantitative estimate of drug-likeness (QED) is 0.138. The number of hydrogen-bond acceptors (Lipinski definition) is 4. The second-order valence-corrected chi connectivity index (χ2v) is 8.81. The normalized spacial score (nSPS) is 10.4. The summed E-state index contributed by atoms with van der Waals surface area (Å²) in [4.78, 5) is 4.88. The molecule has 168 valence electrons. The summed E-state index contributed by atoms with van der Waals surface area (Å²) in [5.41, 5.74) is 5.59. The number of hydrogen-bond donors (Lipinski definition) is 0. The van der Waals surface area contributed by atoms with Gasteiger partial charge in [-0.3, -0.25) is 0 Å². The molecule has 3 aromatic carbocycles. The molecule has 4 heteroatoms. The molecule has 3 nitrogen and oxygen atoms in total. The van der Waals surface area contributed by atoms with Crippen LogP contribution >= 0.6 is 11.8 Å². The highest BCUT2D eigenvalue weighted by atomic mass is 32.2. The molecule has 0 N–H and O–H groups in total. The Bertz CT molecular complexity index is 1280. The number of pyridine rings is 1. The molecular weight excluding hydrogens is 436 g/mol. The largest absolute Gasteiger partial charge is 0.493 e. The number of allylic oxidation sites excluding steroid dienone is 1. The highest BCUT2D eigenvalue weighted by Gasteiger charge is 2.15. The van der Waals surface area contributed by atoms with Crippen molar-refractivity contribution in [3.63, 3.8) is 0 Å². The van der Waals surface area contributed by atoms with Gasteiger partial charge in [0.05, 0.1) is 17.9 Å². The zero-order valence-corrected chi connectivity index (χ0v) is 19.8. The third-order valence-electron chi connectivity index (χ3n) is 5.37. The molecule has 0 fully saturated rings. The van der Waals surface area contributed by atoms with Crippen LogP contribution < -0.4 is 4.74 Å². The second-order valence-electron chi connectivity index (χ2n) is 7.73. The second kappa shape index (κ2) is 11.9. The Morgan fingerprint density at radius 1 is 0.912 bits per heavy atom. The summed E-state index contributed by atoms with van der Waals surface area (Å²) in [7, 11) is 0. The molecule has 1 aromatic heterocycles. The maximum atomic E-state index is 10.0.